The molecule has 1 aromatic rings. The van der Waals surface area contributed by atoms with Gasteiger partial charge in [-0.2, -0.15) is 5.10 Å². The van der Waals surface area contributed by atoms with Crippen LogP contribution in [0.4, 0.5) is 0 Å². The largest absolute Gasteiger partial charge is 0.294 e. The minimum absolute atomic E-state index is 0.102. The fourth-order valence-corrected chi connectivity index (χ4v) is 2.14. The van der Waals surface area contributed by atoms with Crippen LogP contribution in [-0.4, -0.2) is 15.6 Å². The molecule has 0 amide bonds. The van der Waals surface area contributed by atoms with Gasteiger partial charge in [-0.15, -0.1) is 0 Å². The van der Waals surface area contributed by atoms with Crippen molar-refractivity contribution in [3.63, 3.8) is 0 Å². The van der Waals surface area contributed by atoms with E-state index in [2.05, 4.69) is 18.9 Å². The van der Waals surface area contributed by atoms with Crippen LogP contribution >= 0.6 is 11.6 Å². The number of aromatic nitrogens is 2. The summed E-state index contributed by atoms with van der Waals surface area (Å²) < 4.78 is 1.81. The maximum absolute atomic E-state index is 12.0. The van der Waals surface area contributed by atoms with Crippen LogP contribution in [0.5, 0.6) is 0 Å². The zero-order valence-corrected chi connectivity index (χ0v) is 12.3. The number of aryl methyl sites for hydroxylation is 2. The highest BCUT2D eigenvalue weighted by molar-refractivity contribution is 6.32. The Hall–Kier alpha value is -1.09. The molecule has 1 aromatic heterocycles. The Bertz CT molecular complexity index is 455. The zero-order valence-electron chi connectivity index (χ0n) is 11.6. The predicted molar refractivity (Wildman–Crippen MR) is 75.0 cm³/mol. The highest BCUT2D eigenvalue weighted by Gasteiger charge is 2.14. The van der Waals surface area contributed by atoms with E-state index in [0.717, 1.165) is 30.8 Å². The van der Waals surface area contributed by atoms with Gasteiger partial charge in [0.05, 0.1) is 22.8 Å². The Morgan fingerprint density at radius 1 is 1.33 bits per heavy atom. The van der Waals surface area contributed by atoms with E-state index in [1.807, 2.05) is 13.8 Å². The first-order valence-corrected chi connectivity index (χ1v) is 6.85. The fourth-order valence-electron chi connectivity index (χ4n) is 1.94. The minimum Gasteiger partial charge on any atom is -0.294 e. The van der Waals surface area contributed by atoms with E-state index in [1.165, 1.54) is 5.57 Å². The molecular formula is C14H21ClN2O. The third-order valence-electron chi connectivity index (χ3n) is 3.07. The molecule has 3 nitrogen and oxygen atoms in total. The van der Waals surface area contributed by atoms with Gasteiger partial charge in [-0.25, -0.2) is 0 Å². The number of allylic oxidation sites excluding steroid dienone is 2. The summed E-state index contributed by atoms with van der Waals surface area (Å²) in [6.07, 6.45) is 3.92. The number of carbonyl (C=O) groups is 1. The first kappa shape index (κ1) is 15.0. The lowest BCUT2D eigenvalue weighted by Crippen LogP contribution is -2.08. The monoisotopic (exact) mass is 268 g/mol. The van der Waals surface area contributed by atoms with Crippen molar-refractivity contribution in [3.8, 4) is 0 Å². The molecule has 0 aliphatic carbocycles. The molecule has 0 saturated carbocycles. The smallest absolute Gasteiger partial charge is 0.161 e. The van der Waals surface area contributed by atoms with Gasteiger partial charge in [0, 0.05) is 6.54 Å². The van der Waals surface area contributed by atoms with E-state index in [1.54, 1.807) is 10.8 Å². The van der Waals surface area contributed by atoms with Gasteiger partial charge in [0.15, 0.2) is 5.78 Å². The first-order valence-electron chi connectivity index (χ1n) is 6.47. The molecule has 1 rings (SSSR count). The van der Waals surface area contributed by atoms with Gasteiger partial charge in [-0.05, 0) is 32.8 Å². The lowest BCUT2D eigenvalue weighted by molar-refractivity contribution is -0.114. The Kier molecular flexibility index (Phi) is 5.60. The topological polar surface area (TPSA) is 34.9 Å². The highest BCUT2D eigenvalue weighted by atomic mass is 35.5. The van der Waals surface area contributed by atoms with Crippen LogP contribution in [0.25, 0.3) is 0 Å². The molecule has 0 aliphatic heterocycles. The van der Waals surface area contributed by atoms with Crippen molar-refractivity contribution in [1.82, 2.24) is 9.78 Å². The summed E-state index contributed by atoms with van der Waals surface area (Å²) in [5, 5.41) is 4.93. The second kappa shape index (κ2) is 6.74. The summed E-state index contributed by atoms with van der Waals surface area (Å²) in [6, 6.07) is 0. The van der Waals surface area contributed by atoms with Crippen molar-refractivity contribution in [1.29, 1.82) is 0 Å². The maximum atomic E-state index is 12.0. The quantitative estimate of drug-likeness (QED) is 0.737. The second-order valence-electron chi connectivity index (χ2n) is 4.31. The molecule has 18 heavy (non-hydrogen) atoms. The van der Waals surface area contributed by atoms with Gasteiger partial charge >= 0.3 is 0 Å². The molecule has 0 atom stereocenters. The van der Waals surface area contributed by atoms with E-state index >= 15 is 0 Å². The molecular weight excluding hydrogens is 248 g/mol. The summed E-state index contributed by atoms with van der Waals surface area (Å²) in [7, 11) is 0. The normalized spacial score (nSPS) is 10.5. The standard InChI is InChI=1S/C14H21ClN2O/c1-5-11(6-2)8-12(18)9-13-14(15)10(4)16-17(13)7-3/h8H,5-7,9H2,1-4H3. The number of hydrogen-bond donors (Lipinski definition) is 0. The van der Waals surface area contributed by atoms with Crippen molar-refractivity contribution >= 4 is 17.4 Å². The van der Waals surface area contributed by atoms with E-state index in [4.69, 9.17) is 11.6 Å². The van der Waals surface area contributed by atoms with E-state index in [9.17, 15) is 4.79 Å². The average molecular weight is 269 g/mol. The van der Waals surface area contributed by atoms with E-state index < -0.39 is 0 Å². The van der Waals surface area contributed by atoms with Crippen LogP contribution in [0.1, 0.15) is 45.0 Å². The average Bonchev–Trinajstić information content (AvgIpc) is 2.63. The van der Waals surface area contributed by atoms with Crippen molar-refractivity contribution in [2.45, 2.75) is 53.5 Å². The highest BCUT2D eigenvalue weighted by Crippen LogP contribution is 2.21. The molecule has 0 aromatic carbocycles. The SMILES string of the molecule is CCC(=CC(=O)Cc1c(Cl)c(C)nn1CC)CC. The second-order valence-corrected chi connectivity index (χ2v) is 4.69. The number of carbonyl (C=O) groups excluding carboxylic acids is 1. The summed E-state index contributed by atoms with van der Waals surface area (Å²) in [6.45, 7) is 8.72. The molecule has 0 N–H and O–H groups in total. The van der Waals surface area contributed by atoms with Crippen molar-refractivity contribution in [3.05, 3.63) is 28.1 Å². The summed E-state index contributed by atoms with van der Waals surface area (Å²) in [4.78, 5) is 12.0. The number of hydrogen-bond acceptors (Lipinski definition) is 2. The molecule has 4 heteroatoms. The van der Waals surface area contributed by atoms with Gasteiger partial charge in [0.25, 0.3) is 0 Å². The van der Waals surface area contributed by atoms with Crippen LogP contribution in [0.2, 0.25) is 5.02 Å². The van der Waals surface area contributed by atoms with Crippen molar-refractivity contribution in [2.24, 2.45) is 0 Å². The number of rotatable bonds is 6. The number of halogens is 1. The maximum Gasteiger partial charge on any atom is 0.161 e. The lowest BCUT2D eigenvalue weighted by atomic mass is 10.1. The van der Waals surface area contributed by atoms with Crippen molar-refractivity contribution in [2.75, 3.05) is 0 Å². The van der Waals surface area contributed by atoms with Crippen LogP contribution < -0.4 is 0 Å². The van der Waals surface area contributed by atoms with Gasteiger partial charge in [-0.3, -0.25) is 9.48 Å². The Morgan fingerprint density at radius 3 is 2.44 bits per heavy atom. The number of ketones is 1. The first-order chi connectivity index (χ1) is 8.53. The fraction of sp³-hybridized carbons (Fsp3) is 0.571. The Balaban J connectivity index is 2.91. The van der Waals surface area contributed by atoms with Crippen LogP contribution in [0.3, 0.4) is 0 Å². The lowest BCUT2D eigenvalue weighted by Gasteiger charge is -2.04. The van der Waals surface area contributed by atoms with Crippen molar-refractivity contribution < 1.29 is 4.79 Å². The molecule has 0 saturated heterocycles. The molecule has 0 spiro atoms. The van der Waals surface area contributed by atoms with Gasteiger partial charge in [-0.1, -0.05) is 31.0 Å². The summed E-state index contributed by atoms with van der Waals surface area (Å²) in [5.74, 6) is 0.102. The summed E-state index contributed by atoms with van der Waals surface area (Å²) in [5.41, 5.74) is 2.79. The van der Waals surface area contributed by atoms with Crippen LogP contribution in [0, 0.1) is 6.92 Å². The Morgan fingerprint density at radius 2 is 1.94 bits per heavy atom. The summed E-state index contributed by atoms with van der Waals surface area (Å²) >= 11 is 6.18. The van der Waals surface area contributed by atoms with E-state index in [0.29, 0.717) is 11.4 Å². The molecule has 1 heterocycles. The zero-order chi connectivity index (χ0) is 13.7. The molecule has 0 unspecified atom stereocenters. The predicted octanol–water partition coefficient (Wildman–Crippen LogP) is 3.72. The molecule has 0 aliphatic rings. The van der Waals surface area contributed by atoms with Gasteiger partial charge in [0.2, 0.25) is 0 Å². The van der Waals surface area contributed by atoms with Gasteiger partial charge < -0.3 is 0 Å². The third-order valence-corrected chi connectivity index (χ3v) is 3.56. The Labute approximate surface area is 114 Å². The van der Waals surface area contributed by atoms with Crippen LogP contribution in [-0.2, 0) is 17.8 Å². The van der Waals surface area contributed by atoms with Crippen LogP contribution in [0.15, 0.2) is 11.6 Å². The minimum atomic E-state index is 0.102. The van der Waals surface area contributed by atoms with E-state index in [-0.39, 0.29) is 5.78 Å². The molecule has 0 fully saturated rings. The molecule has 0 bridgehead atoms. The third kappa shape index (κ3) is 3.45. The van der Waals surface area contributed by atoms with Gasteiger partial charge in [0.1, 0.15) is 0 Å². The number of nitrogens with zero attached hydrogens (tertiary/aromatic N) is 2. The molecule has 0 radical (unpaired) electrons. The molecule has 100 valence electrons.